The van der Waals surface area contributed by atoms with Crippen molar-refractivity contribution in [2.24, 2.45) is 0 Å². The van der Waals surface area contributed by atoms with Gasteiger partial charge in [-0.05, 0) is 46.9 Å². The summed E-state index contributed by atoms with van der Waals surface area (Å²) in [5.74, 6) is 2.01. The molecular formula is C25H24ClN3O3. The van der Waals surface area contributed by atoms with Gasteiger partial charge in [0.1, 0.15) is 19.0 Å². The third kappa shape index (κ3) is 4.50. The maximum atomic E-state index is 12.4. The van der Waals surface area contributed by atoms with Gasteiger partial charge in [0.15, 0.2) is 11.5 Å². The van der Waals surface area contributed by atoms with Crippen molar-refractivity contribution in [3.05, 3.63) is 82.0 Å². The molecule has 5 rings (SSSR count). The first-order chi connectivity index (χ1) is 15.7. The third-order valence-corrected chi connectivity index (χ3v) is 6.06. The first kappa shape index (κ1) is 20.6. The molecule has 7 heteroatoms. The molecule has 3 heterocycles. The molecule has 2 aliphatic heterocycles. The number of carbonyl (C=O) groups excluding carboxylic acids is 1. The number of halogens is 1. The van der Waals surface area contributed by atoms with Gasteiger partial charge in [-0.1, -0.05) is 41.9 Å². The minimum atomic E-state index is -0.0885. The van der Waals surface area contributed by atoms with Crippen molar-refractivity contribution in [2.75, 3.05) is 24.7 Å². The first-order valence-corrected chi connectivity index (χ1v) is 11.1. The van der Waals surface area contributed by atoms with E-state index < -0.39 is 0 Å². The number of pyridine rings is 1. The lowest BCUT2D eigenvalue weighted by molar-refractivity contribution is -0.120. The number of rotatable bonds is 5. The highest BCUT2D eigenvalue weighted by molar-refractivity contribution is 6.32. The molecule has 0 saturated carbocycles. The predicted octanol–water partition coefficient (Wildman–Crippen LogP) is 3.93. The second-order valence-electron chi connectivity index (χ2n) is 8.02. The van der Waals surface area contributed by atoms with E-state index in [9.17, 15) is 4.79 Å². The highest BCUT2D eigenvalue weighted by atomic mass is 35.5. The van der Waals surface area contributed by atoms with E-state index >= 15 is 0 Å². The number of ether oxygens (including phenoxy) is 2. The summed E-state index contributed by atoms with van der Waals surface area (Å²) >= 11 is 6.26. The van der Waals surface area contributed by atoms with Crippen LogP contribution >= 0.6 is 11.6 Å². The van der Waals surface area contributed by atoms with Crippen LogP contribution in [-0.2, 0) is 30.7 Å². The average Bonchev–Trinajstić information content (AvgIpc) is 2.83. The fourth-order valence-corrected chi connectivity index (χ4v) is 4.40. The van der Waals surface area contributed by atoms with Crippen LogP contribution in [0.25, 0.3) is 0 Å². The Hall–Kier alpha value is -3.25. The van der Waals surface area contributed by atoms with Crippen molar-refractivity contribution >= 4 is 23.3 Å². The second-order valence-corrected chi connectivity index (χ2v) is 8.43. The smallest absolute Gasteiger partial charge is 0.224 e. The Balaban J connectivity index is 1.16. The molecule has 3 aromatic rings. The Morgan fingerprint density at radius 3 is 2.75 bits per heavy atom. The van der Waals surface area contributed by atoms with Crippen LogP contribution in [0.5, 0.6) is 11.5 Å². The summed E-state index contributed by atoms with van der Waals surface area (Å²) in [4.78, 5) is 19.4. The van der Waals surface area contributed by atoms with Crippen LogP contribution < -0.4 is 19.7 Å². The van der Waals surface area contributed by atoms with Crippen LogP contribution in [0.4, 0.5) is 5.82 Å². The van der Waals surface area contributed by atoms with Gasteiger partial charge in [-0.2, -0.15) is 0 Å². The fourth-order valence-electron chi connectivity index (χ4n) is 4.11. The summed E-state index contributed by atoms with van der Waals surface area (Å²) in [6, 6.07) is 16.2. The number of anilines is 1. The number of hydrogen-bond acceptors (Lipinski definition) is 5. The van der Waals surface area contributed by atoms with E-state index in [1.807, 2.05) is 24.4 Å². The van der Waals surface area contributed by atoms with Gasteiger partial charge in [0, 0.05) is 25.8 Å². The number of hydrogen-bond donors (Lipinski definition) is 1. The van der Waals surface area contributed by atoms with Crippen molar-refractivity contribution in [2.45, 2.75) is 25.9 Å². The topological polar surface area (TPSA) is 63.7 Å². The summed E-state index contributed by atoms with van der Waals surface area (Å²) in [6.45, 7) is 3.21. The van der Waals surface area contributed by atoms with Gasteiger partial charge in [-0.3, -0.25) is 4.79 Å². The second kappa shape index (κ2) is 9.09. The Labute approximate surface area is 192 Å². The summed E-state index contributed by atoms with van der Waals surface area (Å²) < 4.78 is 11.1. The molecule has 0 fully saturated rings. The lowest BCUT2D eigenvalue weighted by Gasteiger charge is -2.29. The lowest BCUT2D eigenvalue weighted by atomic mass is 10.00. The molecular weight excluding hydrogens is 426 g/mol. The molecule has 0 atom stereocenters. The van der Waals surface area contributed by atoms with E-state index in [1.165, 1.54) is 11.1 Å². The van der Waals surface area contributed by atoms with E-state index in [-0.39, 0.29) is 12.3 Å². The Morgan fingerprint density at radius 1 is 1.06 bits per heavy atom. The van der Waals surface area contributed by atoms with Gasteiger partial charge in [0.2, 0.25) is 5.91 Å². The van der Waals surface area contributed by atoms with Crippen LogP contribution in [0.1, 0.15) is 22.3 Å². The normalized spacial score (nSPS) is 14.6. The fraction of sp³-hybridized carbons (Fsp3) is 0.280. The number of amides is 1. The predicted molar refractivity (Wildman–Crippen MR) is 123 cm³/mol. The van der Waals surface area contributed by atoms with Gasteiger partial charge >= 0.3 is 0 Å². The summed E-state index contributed by atoms with van der Waals surface area (Å²) in [6.07, 6.45) is 3.08. The maximum absolute atomic E-state index is 12.4. The molecule has 2 aliphatic rings. The van der Waals surface area contributed by atoms with Crippen LogP contribution in [0.15, 0.2) is 54.7 Å². The van der Waals surface area contributed by atoms with E-state index in [4.69, 9.17) is 21.1 Å². The van der Waals surface area contributed by atoms with Crippen molar-refractivity contribution in [3.63, 3.8) is 0 Å². The zero-order chi connectivity index (χ0) is 21.9. The molecule has 0 unspecified atom stereocenters. The van der Waals surface area contributed by atoms with Crippen molar-refractivity contribution < 1.29 is 14.3 Å². The first-order valence-electron chi connectivity index (χ1n) is 10.8. The van der Waals surface area contributed by atoms with Gasteiger partial charge in [-0.25, -0.2) is 4.98 Å². The SMILES string of the molecule is O=C(Cc1cc(Cl)c2c(c1)OCCO2)NCc1ccc(N2CCc3ccccc3C2)nc1. The van der Waals surface area contributed by atoms with Crippen molar-refractivity contribution in [3.8, 4) is 11.5 Å². The number of benzene rings is 2. The molecule has 0 bridgehead atoms. The number of aromatic nitrogens is 1. The van der Waals surface area contributed by atoms with E-state index in [1.54, 1.807) is 6.07 Å². The number of nitrogens with zero attached hydrogens (tertiary/aromatic N) is 2. The van der Waals surface area contributed by atoms with Crippen LogP contribution in [0.2, 0.25) is 5.02 Å². The molecule has 6 nitrogen and oxygen atoms in total. The van der Waals surface area contributed by atoms with Crippen LogP contribution in [0, 0.1) is 0 Å². The molecule has 0 spiro atoms. The quantitative estimate of drug-likeness (QED) is 0.639. The highest BCUT2D eigenvalue weighted by Crippen LogP contribution is 2.38. The molecule has 1 aromatic heterocycles. The third-order valence-electron chi connectivity index (χ3n) is 5.77. The summed E-state index contributed by atoms with van der Waals surface area (Å²) in [5, 5.41) is 3.41. The van der Waals surface area contributed by atoms with Gasteiger partial charge in [-0.15, -0.1) is 0 Å². The van der Waals surface area contributed by atoms with E-state index in [0.29, 0.717) is 36.3 Å². The monoisotopic (exact) mass is 449 g/mol. The van der Waals surface area contributed by atoms with Crippen molar-refractivity contribution in [1.82, 2.24) is 10.3 Å². The van der Waals surface area contributed by atoms with Gasteiger partial charge in [0.05, 0.1) is 11.4 Å². The zero-order valence-electron chi connectivity index (χ0n) is 17.6. The minimum absolute atomic E-state index is 0.0885. The molecule has 1 amide bonds. The highest BCUT2D eigenvalue weighted by Gasteiger charge is 2.18. The molecule has 0 radical (unpaired) electrons. The number of fused-ring (bicyclic) bond motifs is 2. The maximum Gasteiger partial charge on any atom is 0.224 e. The van der Waals surface area contributed by atoms with E-state index in [0.717, 1.165) is 36.5 Å². The molecule has 0 aliphatic carbocycles. The number of carbonyl (C=O) groups is 1. The Kier molecular flexibility index (Phi) is 5.86. The number of nitrogens with one attached hydrogen (secondary N) is 1. The van der Waals surface area contributed by atoms with Crippen LogP contribution in [0.3, 0.4) is 0 Å². The molecule has 164 valence electrons. The Bertz CT molecular complexity index is 1130. The largest absolute Gasteiger partial charge is 0.486 e. The minimum Gasteiger partial charge on any atom is -0.486 e. The molecule has 2 aromatic carbocycles. The zero-order valence-corrected chi connectivity index (χ0v) is 18.4. The van der Waals surface area contributed by atoms with Crippen molar-refractivity contribution in [1.29, 1.82) is 0 Å². The standard InChI is InChI=1S/C25H24ClN3O3/c26-21-11-18(12-22-25(21)32-10-9-31-22)13-24(30)28-15-17-5-6-23(27-14-17)29-8-7-19-3-1-2-4-20(19)16-29/h1-6,11-12,14H,7-10,13,15-16H2,(H,28,30). The summed E-state index contributed by atoms with van der Waals surface area (Å²) in [5.41, 5.74) is 4.52. The molecule has 1 N–H and O–H groups in total. The Morgan fingerprint density at radius 2 is 1.91 bits per heavy atom. The van der Waals surface area contributed by atoms with Gasteiger partial charge < -0.3 is 19.7 Å². The average molecular weight is 450 g/mol. The van der Waals surface area contributed by atoms with E-state index in [2.05, 4.69) is 39.5 Å². The summed E-state index contributed by atoms with van der Waals surface area (Å²) in [7, 11) is 0. The van der Waals surface area contributed by atoms with Gasteiger partial charge in [0.25, 0.3) is 0 Å². The lowest BCUT2D eigenvalue weighted by Crippen LogP contribution is -2.31. The molecule has 32 heavy (non-hydrogen) atoms. The van der Waals surface area contributed by atoms with Crippen LogP contribution in [-0.4, -0.2) is 30.6 Å². The molecule has 0 saturated heterocycles.